The molecule has 4 nitrogen and oxygen atoms in total. The largest absolute Gasteiger partial charge is 0.355 e. The van der Waals surface area contributed by atoms with Crippen LogP contribution in [0.5, 0.6) is 0 Å². The Hall–Kier alpha value is -1.44. The molecule has 5 atom stereocenters. The Morgan fingerprint density at radius 1 is 1.11 bits per heavy atom. The fourth-order valence-electron chi connectivity index (χ4n) is 4.90. The number of likely N-dealkylation sites (tertiary alicyclic amines) is 1. The molecule has 0 aromatic heterocycles. The lowest BCUT2D eigenvalue weighted by atomic mass is 9.98. The van der Waals surface area contributed by atoms with E-state index in [1.807, 2.05) is 29.2 Å². The van der Waals surface area contributed by atoms with E-state index >= 15 is 0 Å². The number of carbonyl (C=O) groups is 1. The van der Waals surface area contributed by atoms with Crippen molar-refractivity contribution in [2.24, 2.45) is 5.92 Å². The number of alkyl halides is 1. The quantitative estimate of drug-likeness (QED) is 0.502. The molecule has 3 heterocycles. The molecule has 5 heteroatoms. The van der Waals surface area contributed by atoms with Crippen molar-refractivity contribution in [2.45, 2.75) is 28.7 Å². The zero-order chi connectivity index (χ0) is 18.6. The van der Waals surface area contributed by atoms with Crippen molar-refractivity contribution in [1.29, 1.82) is 0 Å². The third-order valence-electron chi connectivity index (χ3n) is 6.44. The molecule has 0 aliphatic carbocycles. The van der Waals surface area contributed by atoms with E-state index in [-0.39, 0.29) is 27.5 Å². The zero-order valence-electron chi connectivity index (χ0n) is 15.3. The van der Waals surface area contributed by atoms with E-state index in [0.29, 0.717) is 12.6 Å². The average molecular weight is 474 g/mol. The van der Waals surface area contributed by atoms with E-state index in [4.69, 9.17) is 4.74 Å². The van der Waals surface area contributed by atoms with Crippen LogP contribution in [0.25, 0.3) is 0 Å². The van der Waals surface area contributed by atoms with Gasteiger partial charge in [0.15, 0.2) is 0 Å². The summed E-state index contributed by atoms with van der Waals surface area (Å²) in [6.45, 7) is 4.51. The molecule has 0 saturated carbocycles. The maximum Gasteiger partial charge on any atom is 0.243 e. The molecule has 3 saturated heterocycles. The van der Waals surface area contributed by atoms with Crippen molar-refractivity contribution in [3.05, 3.63) is 71.8 Å². The Morgan fingerprint density at radius 3 is 2.48 bits per heavy atom. The van der Waals surface area contributed by atoms with Crippen molar-refractivity contribution in [3.63, 3.8) is 0 Å². The number of hydrogen-bond acceptors (Lipinski definition) is 3. The lowest BCUT2D eigenvalue weighted by molar-refractivity contribution is -0.133. The van der Waals surface area contributed by atoms with Gasteiger partial charge in [-0.15, -0.1) is 0 Å². The maximum atomic E-state index is 13.5. The Kier molecular flexibility index (Phi) is 4.29. The van der Waals surface area contributed by atoms with E-state index in [9.17, 15) is 4.79 Å². The number of halogens is 1. The summed E-state index contributed by atoms with van der Waals surface area (Å²) in [6, 6.07) is 21.2. The highest BCUT2D eigenvalue weighted by molar-refractivity contribution is 14.1. The number of carbonyl (C=O) groups excluding carboxylic acids is 1. The van der Waals surface area contributed by atoms with Crippen LogP contribution in [0, 0.1) is 5.92 Å². The van der Waals surface area contributed by atoms with Crippen molar-refractivity contribution in [3.8, 4) is 0 Å². The lowest BCUT2D eigenvalue weighted by Crippen LogP contribution is -2.42. The second kappa shape index (κ2) is 6.57. The van der Waals surface area contributed by atoms with E-state index in [2.05, 4.69) is 70.8 Å². The summed E-state index contributed by atoms with van der Waals surface area (Å²) in [4.78, 5) is 18.0. The normalized spacial score (nSPS) is 33.9. The van der Waals surface area contributed by atoms with Crippen molar-refractivity contribution in [1.82, 2.24) is 9.80 Å². The lowest BCUT2D eigenvalue weighted by Gasteiger charge is -2.30. The van der Waals surface area contributed by atoms with Crippen LogP contribution in [0.1, 0.15) is 30.1 Å². The summed E-state index contributed by atoms with van der Waals surface area (Å²) in [5, 5.41) is 0. The number of ether oxygens (including phenoxy) is 1. The van der Waals surface area contributed by atoms with Gasteiger partial charge in [-0.3, -0.25) is 9.69 Å². The highest BCUT2D eigenvalue weighted by atomic mass is 127. The van der Waals surface area contributed by atoms with Crippen molar-refractivity contribution >= 4 is 28.5 Å². The van der Waals surface area contributed by atoms with Gasteiger partial charge in [0, 0.05) is 25.0 Å². The summed E-state index contributed by atoms with van der Waals surface area (Å²) < 4.78 is 5.81. The number of fused-ring (bicyclic) bond motifs is 3. The van der Waals surface area contributed by atoms with E-state index in [1.165, 1.54) is 11.1 Å². The van der Waals surface area contributed by atoms with Gasteiger partial charge in [-0.2, -0.15) is 0 Å². The summed E-state index contributed by atoms with van der Waals surface area (Å²) in [6.07, 6.45) is -0.104. The number of hydrogen-bond donors (Lipinski definition) is 0. The summed E-state index contributed by atoms with van der Waals surface area (Å²) >= 11 is 2.42. The van der Waals surface area contributed by atoms with Crippen LogP contribution in [0.3, 0.4) is 0 Å². The van der Waals surface area contributed by atoms with E-state index in [0.717, 1.165) is 13.1 Å². The minimum absolute atomic E-state index is 0.0425. The Morgan fingerprint density at radius 2 is 1.78 bits per heavy atom. The highest BCUT2D eigenvalue weighted by Gasteiger charge is 2.66. The van der Waals surface area contributed by atoms with Gasteiger partial charge in [-0.25, -0.2) is 0 Å². The first-order valence-corrected chi connectivity index (χ1v) is 10.6. The van der Waals surface area contributed by atoms with Crippen LogP contribution >= 0.6 is 22.6 Å². The predicted octanol–water partition coefficient (Wildman–Crippen LogP) is 3.79. The monoisotopic (exact) mass is 474 g/mol. The summed E-state index contributed by atoms with van der Waals surface area (Å²) in [7, 11) is 0. The van der Waals surface area contributed by atoms with Crippen molar-refractivity contribution in [2.75, 3.05) is 19.7 Å². The van der Waals surface area contributed by atoms with Gasteiger partial charge in [0.1, 0.15) is 9.65 Å². The molecule has 140 valence electrons. The highest BCUT2D eigenvalue weighted by Crippen LogP contribution is 2.53. The summed E-state index contributed by atoms with van der Waals surface area (Å²) in [5.74, 6) is 0.456. The Labute approximate surface area is 173 Å². The minimum atomic E-state index is -0.390. The van der Waals surface area contributed by atoms with E-state index < -0.39 is 0 Å². The van der Waals surface area contributed by atoms with Crippen LogP contribution in [-0.4, -0.2) is 45.1 Å². The molecule has 5 rings (SSSR count). The third-order valence-corrected chi connectivity index (χ3v) is 8.04. The van der Waals surface area contributed by atoms with Crippen LogP contribution in [0.2, 0.25) is 0 Å². The third kappa shape index (κ3) is 2.66. The SMILES string of the molecule is C[C@H](c1ccccc1)N1C[C@@H]2[C@H]3OC[C@H](c4ccccc4)N3C(=O)[C@]2(I)C1. The summed E-state index contributed by atoms with van der Waals surface area (Å²) in [5.41, 5.74) is 2.47. The van der Waals surface area contributed by atoms with Crippen LogP contribution in [0.15, 0.2) is 60.7 Å². The molecule has 0 spiro atoms. The molecule has 0 unspecified atom stereocenters. The predicted molar refractivity (Wildman–Crippen MR) is 112 cm³/mol. The second-order valence-corrected chi connectivity index (χ2v) is 9.77. The zero-order valence-corrected chi connectivity index (χ0v) is 17.5. The first-order valence-electron chi connectivity index (χ1n) is 9.57. The molecule has 0 radical (unpaired) electrons. The standard InChI is InChI=1S/C22H23IN2O2/c1-15(16-8-4-2-5-9-16)24-12-18-20-25(21(26)22(18,23)14-24)19(13-27-20)17-10-6-3-7-11-17/h2-11,15,18-20H,12-14H2,1H3/t15-,18-,19-,20-,22+/m1/s1. The molecule has 2 aromatic carbocycles. The van der Waals surface area contributed by atoms with Gasteiger partial charge in [0.05, 0.1) is 12.6 Å². The first kappa shape index (κ1) is 17.6. The smallest absolute Gasteiger partial charge is 0.243 e. The second-order valence-electron chi connectivity index (χ2n) is 7.85. The number of amides is 1. The molecule has 2 aromatic rings. The van der Waals surface area contributed by atoms with E-state index in [1.54, 1.807) is 0 Å². The topological polar surface area (TPSA) is 32.8 Å². The average Bonchev–Trinajstić information content (AvgIpc) is 3.34. The van der Waals surface area contributed by atoms with Gasteiger partial charge in [0.2, 0.25) is 5.91 Å². The molecule has 0 bridgehead atoms. The molecular weight excluding hydrogens is 451 g/mol. The number of rotatable bonds is 3. The Bertz CT molecular complexity index is 846. The molecule has 27 heavy (non-hydrogen) atoms. The van der Waals surface area contributed by atoms with Gasteiger partial charge >= 0.3 is 0 Å². The van der Waals surface area contributed by atoms with Crippen molar-refractivity contribution < 1.29 is 9.53 Å². The van der Waals surface area contributed by atoms with Gasteiger partial charge < -0.3 is 9.64 Å². The number of benzene rings is 2. The molecule has 3 fully saturated rings. The van der Waals surface area contributed by atoms with Crippen LogP contribution in [-0.2, 0) is 9.53 Å². The van der Waals surface area contributed by atoms with Crippen LogP contribution < -0.4 is 0 Å². The maximum absolute atomic E-state index is 13.5. The fraction of sp³-hybridized carbons (Fsp3) is 0.409. The van der Waals surface area contributed by atoms with Gasteiger partial charge in [-0.05, 0) is 18.1 Å². The minimum Gasteiger partial charge on any atom is -0.355 e. The molecular formula is C22H23IN2O2. The molecule has 1 amide bonds. The molecule has 0 N–H and O–H groups in total. The van der Waals surface area contributed by atoms with Crippen LogP contribution in [0.4, 0.5) is 0 Å². The molecule has 3 aliphatic heterocycles. The fourth-order valence-corrected chi connectivity index (χ4v) is 6.12. The Balaban J connectivity index is 1.40. The van der Waals surface area contributed by atoms with Gasteiger partial charge in [-0.1, -0.05) is 83.3 Å². The first-order chi connectivity index (χ1) is 13.1. The number of nitrogens with zero attached hydrogens (tertiary/aromatic N) is 2. The molecule has 3 aliphatic rings. The van der Waals surface area contributed by atoms with Gasteiger partial charge in [0.25, 0.3) is 0 Å².